The summed E-state index contributed by atoms with van der Waals surface area (Å²) in [6.07, 6.45) is 8.74. The molecular weight excluding hydrogens is 276 g/mol. The van der Waals surface area contributed by atoms with Crippen molar-refractivity contribution in [2.75, 3.05) is 11.9 Å². The van der Waals surface area contributed by atoms with Crippen LogP contribution in [0.4, 0.5) is 5.82 Å². The van der Waals surface area contributed by atoms with Crippen LogP contribution in [-0.2, 0) is 0 Å². The quantitative estimate of drug-likeness (QED) is 0.886. The maximum Gasteiger partial charge on any atom is 0.140 e. The van der Waals surface area contributed by atoms with Crippen LogP contribution >= 0.6 is 15.9 Å². The van der Waals surface area contributed by atoms with Crippen LogP contribution in [0, 0.1) is 12.3 Å². The van der Waals surface area contributed by atoms with Crippen molar-refractivity contribution in [1.29, 1.82) is 0 Å². The fraction of sp³-hybridized carbons (Fsp3) is 0.643. The van der Waals surface area contributed by atoms with E-state index in [-0.39, 0.29) is 0 Å². The molecule has 1 N–H and O–H groups in total. The SMILES string of the molecule is Cc1cnc(NCC2(C)CCCCC2)c(Br)c1. The highest BCUT2D eigenvalue weighted by molar-refractivity contribution is 9.10. The maximum atomic E-state index is 4.44. The predicted molar refractivity (Wildman–Crippen MR) is 76.4 cm³/mol. The van der Waals surface area contributed by atoms with E-state index in [1.165, 1.54) is 37.7 Å². The van der Waals surface area contributed by atoms with E-state index in [1.54, 1.807) is 0 Å². The van der Waals surface area contributed by atoms with Gasteiger partial charge in [-0.15, -0.1) is 0 Å². The van der Waals surface area contributed by atoms with Crippen LogP contribution < -0.4 is 5.32 Å². The molecule has 0 aliphatic heterocycles. The fourth-order valence-electron chi connectivity index (χ4n) is 2.54. The van der Waals surface area contributed by atoms with Gasteiger partial charge in [0.05, 0.1) is 4.47 Å². The third-order valence-corrected chi connectivity index (χ3v) is 4.33. The second-order valence-corrected chi connectivity index (χ2v) is 6.42. The average Bonchev–Trinajstić information content (AvgIpc) is 2.29. The Morgan fingerprint density at radius 2 is 2.06 bits per heavy atom. The summed E-state index contributed by atoms with van der Waals surface area (Å²) in [5, 5.41) is 3.49. The zero-order valence-electron chi connectivity index (χ0n) is 10.7. The van der Waals surface area contributed by atoms with Crippen molar-refractivity contribution < 1.29 is 0 Å². The fourth-order valence-corrected chi connectivity index (χ4v) is 3.15. The largest absolute Gasteiger partial charge is 0.369 e. The van der Waals surface area contributed by atoms with Crippen molar-refractivity contribution >= 4 is 21.7 Å². The zero-order valence-corrected chi connectivity index (χ0v) is 12.3. The Labute approximate surface area is 112 Å². The number of hydrogen-bond acceptors (Lipinski definition) is 2. The molecule has 0 radical (unpaired) electrons. The summed E-state index contributed by atoms with van der Waals surface area (Å²) in [6, 6.07) is 2.11. The van der Waals surface area contributed by atoms with Gasteiger partial charge in [-0.1, -0.05) is 26.2 Å². The standard InChI is InChI=1S/C14H21BrN2/c1-11-8-12(15)13(16-9-11)17-10-14(2)6-4-3-5-7-14/h8-9H,3-7,10H2,1-2H3,(H,16,17). The third-order valence-electron chi connectivity index (χ3n) is 3.72. The summed E-state index contributed by atoms with van der Waals surface area (Å²) in [4.78, 5) is 4.44. The summed E-state index contributed by atoms with van der Waals surface area (Å²) >= 11 is 3.56. The Hall–Kier alpha value is -0.570. The van der Waals surface area contributed by atoms with E-state index in [9.17, 15) is 0 Å². The van der Waals surface area contributed by atoms with E-state index >= 15 is 0 Å². The minimum absolute atomic E-state index is 0.449. The summed E-state index contributed by atoms with van der Waals surface area (Å²) in [5.41, 5.74) is 1.64. The van der Waals surface area contributed by atoms with Crippen LogP contribution in [0.5, 0.6) is 0 Å². The van der Waals surface area contributed by atoms with Gasteiger partial charge in [0.25, 0.3) is 0 Å². The van der Waals surface area contributed by atoms with Crippen LogP contribution in [0.1, 0.15) is 44.6 Å². The molecule has 2 nitrogen and oxygen atoms in total. The van der Waals surface area contributed by atoms with Gasteiger partial charge in [-0.05, 0) is 52.7 Å². The highest BCUT2D eigenvalue weighted by Gasteiger charge is 2.26. The van der Waals surface area contributed by atoms with E-state index in [0.717, 1.165) is 16.8 Å². The Kier molecular flexibility index (Phi) is 4.08. The lowest BCUT2D eigenvalue weighted by Gasteiger charge is -2.33. The minimum Gasteiger partial charge on any atom is -0.369 e. The molecule has 2 rings (SSSR count). The number of pyridine rings is 1. The number of nitrogens with one attached hydrogen (secondary N) is 1. The molecule has 0 bridgehead atoms. The highest BCUT2D eigenvalue weighted by Crippen LogP contribution is 2.36. The van der Waals surface area contributed by atoms with Gasteiger partial charge in [0.2, 0.25) is 0 Å². The van der Waals surface area contributed by atoms with E-state index in [2.05, 4.69) is 46.1 Å². The molecule has 1 heterocycles. The van der Waals surface area contributed by atoms with E-state index < -0.39 is 0 Å². The van der Waals surface area contributed by atoms with Crippen molar-refractivity contribution in [3.8, 4) is 0 Å². The van der Waals surface area contributed by atoms with Gasteiger partial charge in [-0.3, -0.25) is 0 Å². The number of aryl methyl sites for hydroxylation is 1. The Balaban J connectivity index is 1.97. The lowest BCUT2D eigenvalue weighted by molar-refractivity contribution is 0.233. The molecule has 0 spiro atoms. The smallest absolute Gasteiger partial charge is 0.140 e. The predicted octanol–water partition coefficient (Wildman–Crippen LogP) is 4.53. The van der Waals surface area contributed by atoms with Gasteiger partial charge in [-0.25, -0.2) is 4.98 Å². The third kappa shape index (κ3) is 3.44. The lowest BCUT2D eigenvalue weighted by atomic mass is 9.76. The first-order chi connectivity index (χ1) is 8.09. The van der Waals surface area contributed by atoms with Crippen LogP contribution in [0.3, 0.4) is 0 Å². The van der Waals surface area contributed by atoms with Crippen molar-refractivity contribution in [2.24, 2.45) is 5.41 Å². The van der Waals surface area contributed by atoms with Gasteiger partial charge in [0, 0.05) is 12.7 Å². The number of anilines is 1. The maximum absolute atomic E-state index is 4.44. The molecule has 0 atom stereocenters. The summed E-state index contributed by atoms with van der Waals surface area (Å²) in [6.45, 7) is 5.48. The van der Waals surface area contributed by atoms with Gasteiger partial charge in [0.1, 0.15) is 5.82 Å². The summed E-state index contributed by atoms with van der Waals surface area (Å²) < 4.78 is 1.07. The molecular formula is C14H21BrN2. The van der Waals surface area contributed by atoms with Crippen molar-refractivity contribution in [3.05, 3.63) is 22.3 Å². The molecule has 1 aromatic rings. The number of nitrogens with zero attached hydrogens (tertiary/aromatic N) is 1. The highest BCUT2D eigenvalue weighted by atomic mass is 79.9. The summed E-state index contributed by atoms with van der Waals surface area (Å²) in [5.74, 6) is 0.974. The first-order valence-corrected chi connectivity index (χ1v) is 7.24. The topological polar surface area (TPSA) is 24.9 Å². The van der Waals surface area contributed by atoms with Gasteiger partial charge < -0.3 is 5.32 Å². The molecule has 1 fully saturated rings. The van der Waals surface area contributed by atoms with Crippen molar-refractivity contribution in [3.63, 3.8) is 0 Å². The summed E-state index contributed by atoms with van der Waals surface area (Å²) in [7, 11) is 0. The lowest BCUT2D eigenvalue weighted by Crippen LogP contribution is -2.29. The zero-order chi connectivity index (χ0) is 12.3. The molecule has 0 saturated heterocycles. The Morgan fingerprint density at radius 3 is 2.71 bits per heavy atom. The molecule has 1 aliphatic carbocycles. The minimum atomic E-state index is 0.449. The molecule has 0 unspecified atom stereocenters. The molecule has 1 saturated carbocycles. The van der Waals surface area contributed by atoms with E-state index in [1.807, 2.05) is 6.20 Å². The second kappa shape index (κ2) is 5.38. The Morgan fingerprint density at radius 1 is 1.35 bits per heavy atom. The Bertz CT molecular complexity index is 384. The van der Waals surface area contributed by atoms with Crippen LogP contribution in [-0.4, -0.2) is 11.5 Å². The first-order valence-electron chi connectivity index (χ1n) is 6.45. The average molecular weight is 297 g/mol. The van der Waals surface area contributed by atoms with Crippen LogP contribution in [0.2, 0.25) is 0 Å². The van der Waals surface area contributed by atoms with Gasteiger partial charge >= 0.3 is 0 Å². The monoisotopic (exact) mass is 296 g/mol. The molecule has 1 aliphatic rings. The van der Waals surface area contributed by atoms with Crippen LogP contribution in [0.15, 0.2) is 16.7 Å². The molecule has 1 aromatic heterocycles. The number of aromatic nitrogens is 1. The van der Waals surface area contributed by atoms with E-state index in [0.29, 0.717) is 5.41 Å². The van der Waals surface area contributed by atoms with E-state index in [4.69, 9.17) is 0 Å². The van der Waals surface area contributed by atoms with Crippen molar-refractivity contribution in [1.82, 2.24) is 4.98 Å². The van der Waals surface area contributed by atoms with Gasteiger partial charge in [0.15, 0.2) is 0 Å². The van der Waals surface area contributed by atoms with Crippen LogP contribution in [0.25, 0.3) is 0 Å². The number of hydrogen-bond donors (Lipinski definition) is 1. The molecule has 17 heavy (non-hydrogen) atoms. The van der Waals surface area contributed by atoms with Crippen molar-refractivity contribution in [2.45, 2.75) is 46.0 Å². The molecule has 0 amide bonds. The number of halogens is 1. The molecule has 94 valence electrons. The normalized spacial score (nSPS) is 19.0. The first kappa shape index (κ1) is 12.9. The molecule has 0 aromatic carbocycles. The van der Waals surface area contributed by atoms with Gasteiger partial charge in [-0.2, -0.15) is 0 Å². The second-order valence-electron chi connectivity index (χ2n) is 5.57. The number of rotatable bonds is 3. The molecule has 3 heteroatoms.